The van der Waals surface area contributed by atoms with Crippen LogP contribution in [0.4, 0.5) is 11.4 Å². The van der Waals surface area contributed by atoms with Gasteiger partial charge in [-0.05, 0) is 37.5 Å². The zero-order valence-electron chi connectivity index (χ0n) is 9.11. The van der Waals surface area contributed by atoms with E-state index in [9.17, 15) is 5.11 Å². The molecule has 0 saturated carbocycles. The molecule has 1 aromatic rings. The first kappa shape index (κ1) is 10.3. The third-order valence-corrected chi connectivity index (χ3v) is 2.87. The number of benzene rings is 1. The first-order valence-electron chi connectivity index (χ1n) is 5.49. The minimum absolute atomic E-state index is 0.294. The molecule has 1 heterocycles. The van der Waals surface area contributed by atoms with Gasteiger partial charge >= 0.3 is 0 Å². The molecule has 2 rings (SSSR count). The van der Waals surface area contributed by atoms with E-state index in [1.54, 1.807) is 0 Å². The molecular formula is C12H18N2O. The predicted octanol–water partition coefficient (Wildman–Crippen LogP) is 1.40. The summed E-state index contributed by atoms with van der Waals surface area (Å²) in [6, 6.07) is 6.02. The van der Waals surface area contributed by atoms with Gasteiger partial charge in [-0.25, -0.2) is 0 Å². The number of rotatable bonds is 2. The summed E-state index contributed by atoms with van der Waals surface area (Å²) in [6.07, 6.45) is 1.88. The van der Waals surface area contributed by atoms with E-state index in [4.69, 9.17) is 5.73 Å². The van der Waals surface area contributed by atoms with Crippen molar-refractivity contribution in [3.05, 3.63) is 23.8 Å². The standard InChI is InChI=1S/C12H18N2O/c1-9(15)8-14-7-3-4-10-11(13)5-2-6-12(10)14/h2,5-6,9,15H,3-4,7-8,13H2,1H3/t9-/m0/s1. The van der Waals surface area contributed by atoms with Crippen molar-refractivity contribution in [1.29, 1.82) is 0 Å². The van der Waals surface area contributed by atoms with E-state index in [0.717, 1.165) is 25.1 Å². The van der Waals surface area contributed by atoms with E-state index >= 15 is 0 Å². The summed E-state index contributed by atoms with van der Waals surface area (Å²) in [5, 5.41) is 9.43. The van der Waals surface area contributed by atoms with Gasteiger partial charge in [-0.15, -0.1) is 0 Å². The molecule has 0 fully saturated rings. The molecule has 1 atom stereocenters. The fourth-order valence-corrected chi connectivity index (χ4v) is 2.24. The van der Waals surface area contributed by atoms with Crippen LogP contribution in [-0.2, 0) is 6.42 Å². The molecule has 0 amide bonds. The van der Waals surface area contributed by atoms with Crippen molar-refractivity contribution in [2.75, 3.05) is 23.7 Å². The smallest absolute Gasteiger partial charge is 0.0687 e. The van der Waals surface area contributed by atoms with Crippen LogP contribution < -0.4 is 10.6 Å². The Morgan fingerprint density at radius 1 is 1.53 bits per heavy atom. The molecule has 0 aromatic heterocycles. The van der Waals surface area contributed by atoms with Gasteiger partial charge in [-0.3, -0.25) is 0 Å². The molecule has 0 radical (unpaired) electrons. The van der Waals surface area contributed by atoms with Crippen LogP contribution in [0.3, 0.4) is 0 Å². The Hall–Kier alpha value is -1.22. The Kier molecular flexibility index (Phi) is 2.82. The first-order valence-corrected chi connectivity index (χ1v) is 5.49. The van der Waals surface area contributed by atoms with Crippen molar-refractivity contribution < 1.29 is 5.11 Å². The van der Waals surface area contributed by atoms with Gasteiger partial charge in [0.25, 0.3) is 0 Å². The van der Waals surface area contributed by atoms with Crippen molar-refractivity contribution in [2.45, 2.75) is 25.9 Å². The van der Waals surface area contributed by atoms with Crippen LogP contribution >= 0.6 is 0 Å². The summed E-state index contributed by atoms with van der Waals surface area (Å²) in [6.45, 7) is 3.53. The summed E-state index contributed by atoms with van der Waals surface area (Å²) in [7, 11) is 0. The summed E-state index contributed by atoms with van der Waals surface area (Å²) < 4.78 is 0. The van der Waals surface area contributed by atoms with Crippen molar-refractivity contribution >= 4 is 11.4 Å². The van der Waals surface area contributed by atoms with Crippen LogP contribution in [0.25, 0.3) is 0 Å². The molecule has 0 aliphatic carbocycles. The molecule has 3 heteroatoms. The summed E-state index contributed by atoms with van der Waals surface area (Å²) in [5.74, 6) is 0. The molecule has 0 spiro atoms. The van der Waals surface area contributed by atoms with Crippen molar-refractivity contribution in [3.63, 3.8) is 0 Å². The molecule has 3 nitrogen and oxygen atoms in total. The number of hydrogen-bond acceptors (Lipinski definition) is 3. The van der Waals surface area contributed by atoms with Crippen LogP contribution in [0, 0.1) is 0 Å². The Balaban J connectivity index is 2.30. The predicted molar refractivity (Wildman–Crippen MR) is 63.1 cm³/mol. The van der Waals surface area contributed by atoms with Gasteiger partial charge in [0.2, 0.25) is 0 Å². The third-order valence-electron chi connectivity index (χ3n) is 2.87. The normalized spacial score (nSPS) is 17.3. The van der Waals surface area contributed by atoms with Gasteiger partial charge < -0.3 is 15.7 Å². The van der Waals surface area contributed by atoms with E-state index in [-0.39, 0.29) is 6.10 Å². The highest BCUT2D eigenvalue weighted by molar-refractivity contribution is 5.66. The molecular weight excluding hydrogens is 188 g/mol. The van der Waals surface area contributed by atoms with E-state index in [1.165, 1.54) is 11.3 Å². The monoisotopic (exact) mass is 206 g/mol. The SMILES string of the molecule is C[C@H](O)CN1CCCc2c(N)cccc21. The zero-order chi connectivity index (χ0) is 10.8. The van der Waals surface area contributed by atoms with E-state index in [1.807, 2.05) is 19.1 Å². The van der Waals surface area contributed by atoms with E-state index in [2.05, 4.69) is 11.0 Å². The topological polar surface area (TPSA) is 49.5 Å². The number of anilines is 2. The summed E-state index contributed by atoms with van der Waals surface area (Å²) >= 11 is 0. The zero-order valence-corrected chi connectivity index (χ0v) is 9.11. The molecule has 0 saturated heterocycles. The van der Waals surface area contributed by atoms with Gasteiger partial charge in [-0.2, -0.15) is 0 Å². The minimum Gasteiger partial charge on any atom is -0.398 e. The molecule has 0 bridgehead atoms. The quantitative estimate of drug-likeness (QED) is 0.719. The lowest BCUT2D eigenvalue weighted by molar-refractivity contribution is 0.199. The second-order valence-electron chi connectivity index (χ2n) is 4.24. The molecule has 15 heavy (non-hydrogen) atoms. The number of aliphatic hydroxyl groups excluding tert-OH is 1. The van der Waals surface area contributed by atoms with Gasteiger partial charge in [-0.1, -0.05) is 6.07 Å². The maximum absolute atomic E-state index is 9.43. The molecule has 82 valence electrons. The lowest BCUT2D eigenvalue weighted by Gasteiger charge is -2.32. The summed E-state index contributed by atoms with van der Waals surface area (Å²) in [4.78, 5) is 2.22. The van der Waals surface area contributed by atoms with Gasteiger partial charge in [0.1, 0.15) is 0 Å². The number of β-amino-alcohol motifs (C(OH)–C–C–N with tert-alkyl or cyclic N) is 1. The largest absolute Gasteiger partial charge is 0.398 e. The van der Waals surface area contributed by atoms with Crippen LogP contribution in [0.2, 0.25) is 0 Å². The number of nitrogen functional groups attached to an aromatic ring is 1. The van der Waals surface area contributed by atoms with E-state index in [0.29, 0.717) is 6.54 Å². The average molecular weight is 206 g/mol. The molecule has 1 aliphatic heterocycles. The van der Waals surface area contributed by atoms with Crippen LogP contribution in [0.15, 0.2) is 18.2 Å². The van der Waals surface area contributed by atoms with Crippen molar-refractivity contribution in [3.8, 4) is 0 Å². The van der Waals surface area contributed by atoms with E-state index < -0.39 is 0 Å². The molecule has 1 aliphatic rings. The highest BCUT2D eigenvalue weighted by Crippen LogP contribution is 2.31. The van der Waals surface area contributed by atoms with Gasteiger partial charge in [0.05, 0.1) is 6.10 Å². The van der Waals surface area contributed by atoms with Gasteiger partial charge in [0.15, 0.2) is 0 Å². The first-order chi connectivity index (χ1) is 7.18. The fourth-order valence-electron chi connectivity index (χ4n) is 2.24. The lowest BCUT2D eigenvalue weighted by atomic mass is 9.99. The van der Waals surface area contributed by atoms with Crippen LogP contribution in [0.5, 0.6) is 0 Å². The second kappa shape index (κ2) is 4.11. The highest BCUT2D eigenvalue weighted by Gasteiger charge is 2.19. The summed E-state index contributed by atoms with van der Waals surface area (Å²) in [5.41, 5.74) is 9.26. The van der Waals surface area contributed by atoms with Crippen molar-refractivity contribution in [1.82, 2.24) is 0 Å². The average Bonchev–Trinajstić information content (AvgIpc) is 2.19. The minimum atomic E-state index is -0.294. The lowest BCUT2D eigenvalue weighted by Crippen LogP contribution is -2.35. The third kappa shape index (κ3) is 2.07. The Morgan fingerprint density at radius 2 is 2.33 bits per heavy atom. The Labute approximate surface area is 90.5 Å². The van der Waals surface area contributed by atoms with Gasteiger partial charge in [0, 0.05) is 24.5 Å². The number of nitrogens with zero attached hydrogens (tertiary/aromatic N) is 1. The fraction of sp³-hybridized carbons (Fsp3) is 0.500. The van der Waals surface area contributed by atoms with Crippen LogP contribution in [0.1, 0.15) is 18.9 Å². The highest BCUT2D eigenvalue weighted by atomic mass is 16.3. The number of aliphatic hydroxyl groups is 1. The maximum Gasteiger partial charge on any atom is 0.0687 e. The van der Waals surface area contributed by atoms with Crippen LogP contribution in [-0.4, -0.2) is 24.3 Å². The van der Waals surface area contributed by atoms with Crippen molar-refractivity contribution in [2.24, 2.45) is 0 Å². The second-order valence-corrected chi connectivity index (χ2v) is 4.24. The Bertz CT molecular complexity index is 349. The number of hydrogen-bond donors (Lipinski definition) is 2. The Morgan fingerprint density at radius 3 is 3.07 bits per heavy atom. The molecule has 3 N–H and O–H groups in total. The number of fused-ring (bicyclic) bond motifs is 1. The number of nitrogens with two attached hydrogens (primary N) is 1. The molecule has 0 unspecified atom stereocenters. The maximum atomic E-state index is 9.43. The molecule has 1 aromatic carbocycles.